The van der Waals surface area contributed by atoms with Crippen molar-refractivity contribution in [3.8, 4) is 12.3 Å². The van der Waals surface area contributed by atoms with Crippen molar-refractivity contribution in [2.75, 3.05) is 0 Å². The van der Waals surface area contributed by atoms with Crippen LogP contribution in [0.25, 0.3) is 0 Å². The number of terminal acetylenes is 1. The molecular formula is C8H12O. The van der Waals surface area contributed by atoms with Crippen LogP contribution < -0.4 is 0 Å². The minimum Gasteiger partial charge on any atom is -0.298 e. The van der Waals surface area contributed by atoms with E-state index in [0.29, 0.717) is 0 Å². The first kappa shape index (κ1) is 8.23. The smallest absolute Gasteiger partial charge is 0.150 e. The highest BCUT2D eigenvalue weighted by Crippen LogP contribution is 2.03. The fraction of sp³-hybridized carbons (Fsp3) is 0.625. The lowest BCUT2D eigenvalue weighted by Gasteiger charge is -2.04. The summed E-state index contributed by atoms with van der Waals surface area (Å²) in [6, 6.07) is 0. The molecule has 0 aliphatic rings. The number of ketones is 1. The van der Waals surface area contributed by atoms with Gasteiger partial charge in [0.05, 0.1) is 5.92 Å². The Labute approximate surface area is 56.5 Å². The predicted molar refractivity (Wildman–Crippen MR) is 37.8 cm³/mol. The van der Waals surface area contributed by atoms with Crippen LogP contribution in [0.15, 0.2) is 0 Å². The molecule has 0 aromatic heterocycles. The van der Waals surface area contributed by atoms with Gasteiger partial charge in [-0.3, -0.25) is 4.79 Å². The molecular weight excluding hydrogens is 112 g/mol. The summed E-state index contributed by atoms with van der Waals surface area (Å²) in [5, 5.41) is 0. The molecule has 0 rings (SSSR count). The lowest BCUT2D eigenvalue weighted by Crippen LogP contribution is -2.14. The molecule has 0 saturated heterocycles. The molecule has 0 heterocycles. The molecule has 0 bridgehead atoms. The summed E-state index contributed by atoms with van der Waals surface area (Å²) in [5.74, 6) is 2.40. The Hall–Kier alpha value is -0.770. The maximum absolute atomic E-state index is 10.9. The first-order valence-corrected chi connectivity index (χ1v) is 3.09. The first-order valence-electron chi connectivity index (χ1n) is 3.09. The van der Waals surface area contributed by atoms with E-state index in [-0.39, 0.29) is 17.6 Å². The molecule has 0 saturated carbocycles. The van der Waals surface area contributed by atoms with Crippen molar-refractivity contribution in [1.29, 1.82) is 0 Å². The highest BCUT2D eigenvalue weighted by molar-refractivity contribution is 5.84. The second-order valence-corrected chi connectivity index (χ2v) is 2.45. The molecule has 0 aliphatic heterocycles. The van der Waals surface area contributed by atoms with E-state index in [2.05, 4.69) is 5.92 Å². The maximum Gasteiger partial charge on any atom is 0.150 e. The summed E-state index contributed by atoms with van der Waals surface area (Å²) in [4.78, 5) is 10.9. The molecule has 0 N–H and O–H groups in total. The van der Waals surface area contributed by atoms with Crippen LogP contribution in [0.4, 0.5) is 0 Å². The van der Waals surface area contributed by atoms with Gasteiger partial charge >= 0.3 is 0 Å². The van der Waals surface area contributed by atoms with E-state index in [4.69, 9.17) is 6.42 Å². The van der Waals surface area contributed by atoms with Crippen LogP contribution in [-0.2, 0) is 4.79 Å². The monoisotopic (exact) mass is 124 g/mol. The molecule has 1 atom stereocenters. The third-order valence-corrected chi connectivity index (χ3v) is 1.25. The van der Waals surface area contributed by atoms with Gasteiger partial charge in [0, 0.05) is 5.92 Å². The molecule has 1 nitrogen and oxygen atoms in total. The van der Waals surface area contributed by atoms with Crippen molar-refractivity contribution in [2.24, 2.45) is 11.8 Å². The van der Waals surface area contributed by atoms with Gasteiger partial charge < -0.3 is 0 Å². The number of hydrogen-bond donors (Lipinski definition) is 0. The fourth-order valence-electron chi connectivity index (χ4n) is 0.582. The van der Waals surface area contributed by atoms with E-state index >= 15 is 0 Å². The standard InChI is InChI=1S/C8H12O/c1-5-7(4)8(9)6(2)3/h1,6-7H,2-4H3. The summed E-state index contributed by atoms with van der Waals surface area (Å²) in [6.45, 7) is 5.47. The van der Waals surface area contributed by atoms with Crippen LogP contribution in [0.2, 0.25) is 0 Å². The molecule has 0 fully saturated rings. The van der Waals surface area contributed by atoms with Gasteiger partial charge in [0.25, 0.3) is 0 Å². The number of rotatable bonds is 2. The molecule has 1 unspecified atom stereocenters. The van der Waals surface area contributed by atoms with Crippen molar-refractivity contribution in [3.63, 3.8) is 0 Å². The molecule has 0 radical (unpaired) electrons. The van der Waals surface area contributed by atoms with Gasteiger partial charge in [-0.15, -0.1) is 6.42 Å². The third kappa shape index (κ3) is 2.32. The molecule has 0 aromatic rings. The molecule has 0 spiro atoms. The number of Topliss-reactive ketones (excluding diaryl/α,β-unsaturated/α-hetero) is 1. The Balaban J connectivity index is 3.92. The maximum atomic E-state index is 10.9. The Morgan fingerprint density at radius 1 is 1.44 bits per heavy atom. The van der Waals surface area contributed by atoms with Crippen LogP contribution in [0.5, 0.6) is 0 Å². The van der Waals surface area contributed by atoms with Gasteiger partial charge in [-0.2, -0.15) is 0 Å². The largest absolute Gasteiger partial charge is 0.298 e. The Morgan fingerprint density at radius 3 is 2.00 bits per heavy atom. The number of carbonyl (C=O) groups excluding carboxylic acids is 1. The zero-order chi connectivity index (χ0) is 7.44. The van der Waals surface area contributed by atoms with Crippen molar-refractivity contribution >= 4 is 5.78 Å². The molecule has 0 aromatic carbocycles. The molecule has 9 heavy (non-hydrogen) atoms. The average Bonchev–Trinajstić information content (AvgIpc) is 1.84. The summed E-state index contributed by atoms with van der Waals surface area (Å²) in [6.07, 6.45) is 5.04. The Bertz CT molecular complexity index is 139. The summed E-state index contributed by atoms with van der Waals surface area (Å²) >= 11 is 0. The average molecular weight is 124 g/mol. The summed E-state index contributed by atoms with van der Waals surface area (Å²) < 4.78 is 0. The van der Waals surface area contributed by atoms with E-state index < -0.39 is 0 Å². The van der Waals surface area contributed by atoms with E-state index in [1.807, 2.05) is 13.8 Å². The summed E-state index contributed by atoms with van der Waals surface area (Å²) in [7, 11) is 0. The quantitative estimate of drug-likeness (QED) is 0.509. The van der Waals surface area contributed by atoms with Gasteiger partial charge in [-0.25, -0.2) is 0 Å². The van der Waals surface area contributed by atoms with Crippen LogP contribution in [0, 0.1) is 24.2 Å². The van der Waals surface area contributed by atoms with Crippen LogP contribution >= 0.6 is 0 Å². The van der Waals surface area contributed by atoms with Crippen molar-refractivity contribution in [2.45, 2.75) is 20.8 Å². The highest BCUT2D eigenvalue weighted by atomic mass is 16.1. The zero-order valence-corrected chi connectivity index (χ0v) is 6.14. The molecule has 0 aliphatic carbocycles. The minimum absolute atomic E-state index is 0.0658. The van der Waals surface area contributed by atoms with Crippen LogP contribution in [-0.4, -0.2) is 5.78 Å². The lowest BCUT2D eigenvalue weighted by molar-refractivity contribution is -0.123. The molecule has 0 amide bonds. The van der Waals surface area contributed by atoms with Gasteiger partial charge in [0.1, 0.15) is 5.78 Å². The Morgan fingerprint density at radius 2 is 1.89 bits per heavy atom. The minimum atomic E-state index is -0.218. The molecule has 1 heteroatoms. The van der Waals surface area contributed by atoms with Gasteiger partial charge in [0.2, 0.25) is 0 Å². The van der Waals surface area contributed by atoms with Gasteiger partial charge in [-0.1, -0.05) is 19.8 Å². The third-order valence-electron chi connectivity index (χ3n) is 1.25. The van der Waals surface area contributed by atoms with Crippen LogP contribution in [0.1, 0.15) is 20.8 Å². The number of hydrogen-bond acceptors (Lipinski definition) is 1. The SMILES string of the molecule is C#CC(C)C(=O)C(C)C. The van der Waals surface area contributed by atoms with E-state index in [0.717, 1.165) is 0 Å². The van der Waals surface area contributed by atoms with Crippen molar-refractivity contribution < 1.29 is 4.79 Å². The van der Waals surface area contributed by atoms with Crippen molar-refractivity contribution in [1.82, 2.24) is 0 Å². The van der Waals surface area contributed by atoms with E-state index in [1.54, 1.807) is 6.92 Å². The Kier molecular flexibility index (Phi) is 3.01. The normalized spacial score (nSPS) is 12.8. The molecule has 50 valence electrons. The fourth-order valence-corrected chi connectivity index (χ4v) is 0.582. The first-order chi connectivity index (χ1) is 4.09. The van der Waals surface area contributed by atoms with E-state index in [1.165, 1.54) is 0 Å². The number of carbonyl (C=O) groups is 1. The predicted octanol–water partition coefficient (Wildman–Crippen LogP) is 1.48. The van der Waals surface area contributed by atoms with Crippen molar-refractivity contribution in [3.05, 3.63) is 0 Å². The lowest BCUT2D eigenvalue weighted by atomic mass is 9.98. The highest BCUT2D eigenvalue weighted by Gasteiger charge is 2.12. The topological polar surface area (TPSA) is 17.1 Å². The second-order valence-electron chi connectivity index (χ2n) is 2.45. The van der Waals surface area contributed by atoms with E-state index in [9.17, 15) is 4.79 Å². The summed E-state index contributed by atoms with van der Waals surface area (Å²) in [5.41, 5.74) is 0. The van der Waals surface area contributed by atoms with Gasteiger partial charge in [-0.05, 0) is 6.92 Å². The van der Waals surface area contributed by atoms with Crippen LogP contribution in [0.3, 0.4) is 0 Å². The van der Waals surface area contributed by atoms with Gasteiger partial charge in [0.15, 0.2) is 0 Å². The second kappa shape index (κ2) is 3.29. The zero-order valence-electron chi connectivity index (χ0n) is 6.14.